The predicted octanol–water partition coefficient (Wildman–Crippen LogP) is 1.53. The molecule has 3 N–H and O–H groups in total. The maximum Gasteiger partial charge on any atom is 0.241 e. The molecule has 0 aromatic heterocycles. The molecule has 5 nitrogen and oxygen atoms in total. The van der Waals surface area contributed by atoms with Crippen LogP contribution in [0, 0.1) is 5.82 Å². The molecule has 0 radical (unpaired) electrons. The summed E-state index contributed by atoms with van der Waals surface area (Å²) in [4.78, 5) is 11.8. The molecule has 0 aliphatic heterocycles. The van der Waals surface area contributed by atoms with Crippen molar-refractivity contribution in [1.82, 2.24) is 0 Å². The zero-order chi connectivity index (χ0) is 14.3. The lowest BCUT2D eigenvalue weighted by molar-refractivity contribution is -0.117. The molecule has 0 heterocycles. The summed E-state index contributed by atoms with van der Waals surface area (Å²) < 4.78 is 23.2. The molecule has 0 saturated carbocycles. The van der Waals surface area contributed by atoms with E-state index in [1.54, 1.807) is 6.92 Å². The topological polar surface area (TPSA) is 73.6 Å². The Bertz CT molecular complexity index is 426. The van der Waals surface area contributed by atoms with Crippen LogP contribution in [-0.2, 0) is 9.53 Å². The minimum Gasteiger partial charge on any atom is -0.492 e. The number of anilines is 1. The first-order valence-corrected chi connectivity index (χ1v) is 6.06. The van der Waals surface area contributed by atoms with Crippen molar-refractivity contribution in [3.05, 3.63) is 24.0 Å². The van der Waals surface area contributed by atoms with Crippen LogP contribution in [0.3, 0.4) is 0 Å². The van der Waals surface area contributed by atoms with Gasteiger partial charge in [0, 0.05) is 19.8 Å². The fourth-order valence-electron chi connectivity index (χ4n) is 1.48. The summed E-state index contributed by atoms with van der Waals surface area (Å²) in [5.74, 6) is -0.496. The van der Waals surface area contributed by atoms with Crippen LogP contribution in [0.25, 0.3) is 0 Å². The van der Waals surface area contributed by atoms with Gasteiger partial charge in [-0.3, -0.25) is 4.79 Å². The molecule has 6 heteroatoms. The van der Waals surface area contributed by atoms with Gasteiger partial charge in [-0.25, -0.2) is 4.39 Å². The first-order valence-electron chi connectivity index (χ1n) is 6.06. The number of amides is 1. The van der Waals surface area contributed by atoms with Gasteiger partial charge in [-0.15, -0.1) is 0 Å². The van der Waals surface area contributed by atoms with E-state index in [4.69, 9.17) is 15.2 Å². The van der Waals surface area contributed by atoms with Crippen LogP contribution in [0.5, 0.6) is 5.75 Å². The summed E-state index contributed by atoms with van der Waals surface area (Å²) in [6.07, 6.45) is 0.410. The number of methoxy groups -OCH3 is 1. The third-order valence-electron chi connectivity index (χ3n) is 2.47. The van der Waals surface area contributed by atoms with Crippen LogP contribution in [-0.4, -0.2) is 32.3 Å². The van der Waals surface area contributed by atoms with Crippen molar-refractivity contribution in [2.24, 2.45) is 5.73 Å². The van der Waals surface area contributed by atoms with Crippen LogP contribution in [0.4, 0.5) is 10.1 Å². The van der Waals surface area contributed by atoms with Crippen molar-refractivity contribution in [2.45, 2.75) is 19.4 Å². The van der Waals surface area contributed by atoms with E-state index in [1.165, 1.54) is 25.3 Å². The largest absolute Gasteiger partial charge is 0.492 e. The minimum atomic E-state index is -0.681. The fourth-order valence-corrected chi connectivity index (χ4v) is 1.48. The maximum atomic E-state index is 13.1. The van der Waals surface area contributed by atoms with Crippen molar-refractivity contribution in [3.8, 4) is 5.75 Å². The van der Waals surface area contributed by atoms with Gasteiger partial charge in [0.25, 0.3) is 0 Å². The SMILES string of the molecule is CCOc1cc(F)ccc1NC(=O)C(N)CCOC. The van der Waals surface area contributed by atoms with Crippen molar-refractivity contribution in [2.75, 3.05) is 25.6 Å². The van der Waals surface area contributed by atoms with Crippen LogP contribution in [0.15, 0.2) is 18.2 Å². The molecule has 0 saturated heterocycles. The first-order chi connectivity index (χ1) is 9.08. The van der Waals surface area contributed by atoms with Gasteiger partial charge in [0.05, 0.1) is 18.3 Å². The monoisotopic (exact) mass is 270 g/mol. The number of benzene rings is 1. The highest BCUT2D eigenvalue weighted by Crippen LogP contribution is 2.25. The Morgan fingerprint density at radius 3 is 2.89 bits per heavy atom. The van der Waals surface area contributed by atoms with Crippen molar-refractivity contribution < 1.29 is 18.7 Å². The first kappa shape index (κ1) is 15.4. The Kier molecular flexibility index (Phi) is 6.24. The molecular weight excluding hydrogens is 251 g/mol. The molecule has 1 unspecified atom stereocenters. The number of halogens is 1. The summed E-state index contributed by atoms with van der Waals surface area (Å²) in [5, 5.41) is 2.62. The van der Waals surface area contributed by atoms with Crippen molar-refractivity contribution in [3.63, 3.8) is 0 Å². The smallest absolute Gasteiger partial charge is 0.241 e. The third kappa shape index (κ3) is 4.84. The third-order valence-corrected chi connectivity index (χ3v) is 2.47. The lowest BCUT2D eigenvalue weighted by Gasteiger charge is -2.14. The van der Waals surface area contributed by atoms with E-state index in [9.17, 15) is 9.18 Å². The lowest BCUT2D eigenvalue weighted by atomic mass is 10.2. The van der Waals surface area contributed by atoms with E-state index in [0.29, 0.717) is 25.3 Å². The molecule has 1 atom stereocenters. The highest BCUT2D eigenvalue weighted by atomic mass is 19.1. The Morgan fingerprint density at radius 1 is 1.53 bits per heavy atom. The molecule has 0 bridgehead atoms. The van der Waals surface area contributed by atoms with E-state index in [-0.39, 0.29) is 11.7 Å². The van der Waals surface area contributed by atoms with E-state index < -0.39 is 11.9 Å². The van der Waals surface area contributed by atoms with Gasteiger partial charge < -0.3 is 20.5 Å². The molecule has 1 aromatic carbocycles. The predicted molar refractivity (Wildman–Crippen MR) is 70.7 cm³/mol. The molecule has 106 valence electrons. The number of rotatable bonds is 7. The number of ether oxygens (including phenoxy) is 2. The van der Waals surface area contributed by atoms with Gasteiger partial charge in [0.1, 0.15) is 11.6 Å². The van der Waals surface area contributed by atoms with Crippen LogP contribution in [0.2, 0.25) is 0 Å². The van der Waals surface area contributed by atoms with Gasteiger partial charge in [0.2, 0.25) is 5.91 Å². The van der Waals surface area contributed by atoms with Crippen molar-refractivity contribution in [1.29, 1.82) is 0 Å². The lowest BCUT2D eigenvalue weighted by Crippen LogP contribution is -2.36. The highest BCUT2D eigenvalue weighted by molar-refractivity contribution is 5.95. The summed E-state index contributed by atoms with van der Waals surface area (Å²) in [7, 11) is 1.54. The number of carbonyl (C=O) groups is 1. The molecule has 1 aromatic rings. The molecule has 1 rings (SSSR count). The second kappa shape index (κ2) is 7.70. The number of carbonyl (C=O) groups excluding carboxylic acids is 1. The Morgan fingerprint density at radius 2 is 2.26 bits per heavy atom. The average molecular weight is 270 g/mol. The minimum absolute atomic E-state index is 0.287. The molecular formula is C13H19FN2O3. The zero-order valence-electron chi connectivity index (χ0n) is 11.1. The fraction of sp³-hybridized carbons (Fsp3) is 0.462. The Balaban J connectivity index is 2.72. The van der Waals surface area contributed by atoms with E-state index >= 15 is 0 Å². The van der Waals surface area contributed by atoms with Gasteiger partial charge in [0.15, 0.2) is 0 Å². The highest BCUT2D eigenvalue weighted by Gasteiger charge is 2.15. The van der Waals surface area contributed by atoms with Crippen LogP contribution >= 0.6 is 0 Å². The number of hydrogen-bond acceptors (Lipinski definition) is 4. The molecule has 0 fully saturated rings. The second-order valence-electron chi connectivity index (χ2n) is 3.95. The molecule has 0 aliphatic rings. The van der Waals surface area contributed by atoms with E-state index in [2.05, 4.69) is 5.32 Å². The molecule has 19 heavy (non-hydrogen) atoms. The molecule has 0 aliphatic carbocycles. The van der Waals surface area contributed by atoms with Gasteiger partial charge in [-0.05, 0) is 25.5 Å². The van der Waals surface area contributed by atoms with E-state index in [0.717, 1.165) is 0 Å². The number of hydrogen-bond donors (Lipinski definition) is 2. The molecule has 1 amide bonds. The summed E-state index contributed by atoms with van der Waals surface area (Å²) in [6, 6.07) is 3.24. The zero-order valence-corrected chi connectivity index (χ0v) is 11.1. The van der Waals surface area contributed by atoms with Gasteiger partial charge in [-0.2, -0.15) is 0 Å². The van der Waals surface area contributed by atoms with Crippen LogP contribution < -0.4 is 15.8 Å². The van der Waals surface area contributed by atoms with Crippen molar-refractivity contribution >= 4 is 11.6 Å². The van der Waals surface area contributed by atoms with Crippen LogP contribution in [0.1, 0.15) is 13.3 Å². The summed E-state index contributed by atoms with van der Waals surface area (Å²) in [5.41, 5.74) is 6.10. The summed E-state index contributed by atoms with van der Waals surface area (Å²) in [6.45, 7) is 2.55. The molecule has 0 spiro atoms. The van der Waals surface area contributed by atoms with E-state index in [1.807, 2.05) is 0 Å². The Hall–Kier alpha value is -1.66. The summed E-state index contributed by atoms with van der Waals surface area (Å²) >= 11 is 0. The average Bonchev–Trinajstić information content (AvgIpc) is 2.39. The van der Waals surface area contributed by atoms with Gasteiger partial charge in [-0.1, -0.05) is 0 Å². The number of nitrogens with two attached hydrogens (primary N) is 1. The number of nitrogens with one attached hydrogen (secondary N) is 1. The van der Waals surface area contributed by atoms with Gasteiger partial charge >= 0.3 is 0 Å². The standard InChI is InChI=1S/C13H19FN2O3/c1-3-19-12-8-9(14)4-5-11(12)16-13(17)10(15)6-7-18-2/h4-5,8,10H,3,6-7,15H2,1-2H3,(H,16,17). The normalized spacial score (nSPS) is 12.0. The Labute approximate surface area is 111 Å². The quantitative estimate of drug-likeness (QED) is 0.788. The maximum absolute atomic E-state index is 13.1. The second-order valence-corrected chi connectivity index (χ2v) is 3.95.